The van der Waals surface area contributed by atoms with Gasteiger partial charge in [-0.1, -0.05) is 0 Å². The number of fused-ring (bicyclic) bond motifs is 4. The van der Waals surface area contributed by atoms with Crippen LogP contribution in [0.15, 0.2) is 12.1 Å². The minimum Gasteiger partial charge on any atom is -0.489 e. The van der Waals surface area contributed by atoms with Gasteiger partial charge in [0.25, 0.3) is 5.91 Å². The second kappa shape index (κ2) is 5.70. The van der Waals surface area contributed by atoms with Crippen LogP contribution in [0, 0.1) is 0 Å². The SMILES string of the molecule is O=C1CCC(N2Cc3cc4c(cc3C2=O)OC[C@H]2CNCCN42)C(=O)N1. The Labute approximate surface area is 150 Å². The monoisotopic (exact) mass is 356 g/mol. The van der Waals surface area contributed by atoms with Crippen molar-refractivity contribution in [3.63, 3.8) is 0 Å². The largest absolute Gasteiger partial charge is 0.489 e. The molecule has 1 aromatic carbocycles. The lowest BCUT2D eigenvalue weighted by molar-refractivity contribution is -0.136. The Kier molecular flexibility index (Phi) is 3.43. The molecule has 8 heteroatoms. The lowest BCUT2D eigenvalue weighted by Gasteiger charge is -2.42. The van der Waals surface area contributed by atoms with E-state index >= 15 is 0 Å². The highest BCUT2D eigenvalue weighted by molar-refractivity contribution is 6.05. The highest BCUT2D eigenvalue weighted by Gasteiger charge is 2.40. The van der Waals surface area contributed by atoms with Gasteiger partial charge in [0.2, 0.25) is 11.8 Å². The van der Waals surface area contributed by atoms with Crippen molar-refractivity contribution in [3.05, 3.63) is 23.3 Å². The van der Waals surface area contributed by atoms with Crippen LogP contribution in [0.3, 0.4) is 0 Å². The summed E-state index contributed by atoms with van der Waals surface area (Å²) in [5.74, 6) is -0.0849. The minimum atomic E-state index is -0.586. The van der Waals surface area contributed by atoms with E-state index in [1.807, 2.05) is 12.1 Å². The van der Waals surface area contributed by atoms with Crippen molar-refractivity contribution < 1.29 is 19.1 Å². The standard InChI is InChI=1S/C18H20N4O4/c23-16-2-1-13(17(24)20-16)22-8-10-5-14-15(6-12(10)18(22)25)26-9-11-7-19-3-4-21(11)14/h5-6,11,13,19H,1-4,7-9H2,(H,20,23,24)/t11-,13?/m1/s1. The summed E-state index contributed by atoms with van der Waals surface area (Å²) in [5, 5.41) is 5.71. The van der Waals surface area contributed by atoms with Gasteiger partial charge >= 0.3 is 0 Å². The zero-order chi connectivity index (χ0) is 17.8. The Hall–Kier alpha value is -2.61. The molecule has 0 aliphatic carbocycles. The lowest BCUT2D eigenvalue weighted by Crippen LogP contribution is -2.55. The Morgan fingerprint density at radius 1 is 1.15 bits per heavy atom. The number of piperazine rings is 1. The molecule has 0 saturated carbocycles. The van der Waals surface area contributed by atoms with E-state index in [4.69, 9.17) is 4.74 Å². The third-order valence-electron chi connectivity index (χ3n) is 5.69. The number of piperidine rings is 1. The molecular formula is C18H20N4O4. The first kappa shape index (κ1) is 15.6. The molecule has 0 radical (unpaired) electrons. The van der Waals surface area contributed by atoms with Gasteiger partial charge in [-0.15, -0.1) is 0 Å². The zero-order valence-corrected chi connectivity index (χ0v) is 14.3. The molecule has 2 saturated heterocycles. The predicted molar refractivity (Wildman–Crippen MR) is 92.0 cm³/mol. The van der Waals surface area contributed by atoms with Crippen LogP contribution in [0.2, 0.25) is 0 Å². The third-order valence-corrected chi connectivity index (χ3v) is 5.69. The number of carbonyl (C=O) groups excluding carboxylic acids is 3. The number of amides is 3. The molecule has 1 aromatic rings. The number of ether oxygens (including phenoxy) is 1. The fourth-order valence-electron chi connectivity index (χ4n) is 4.34. The fraction of sp³-hybridized carbons (Fsp3) is 0.500. The van der Waals surface area contributed by atoms with Gasteiger partial charge < -0.3 is 19.9 Å². The first-order valence-corrected chi connectivity index (χ1v) is 9.03. The number of nitrogens with zero attached hydrogens (tertiary/aromatic N) is 2. The molecule has 3 amide bonds. The normalized spacial score (nSPS) is 27.5. The van der Waals surface area contributed by atoms with E-state index in [-0.39, 0.29) is 24.1 Å². The summed E-state index contributed by atoms with van der Waals surface area (Å²) in [4.78, 5) is 40.3. The van der Waals surface area contributed by atoms with Crippen LogP contribution < -0.4 is 20.3 Å². The molecule has 4 aliphatic rings. The zero-order valence-electron chi connectivity index (χ0n) is 14.3. The van der Waals surface area contributed by atoms with Gasteiger partial charge in [0.15, 0.2) is 0 Å². The second-order valence-corrected chi connectivity index (χ2v) is 7.24. The topological polar surface area (TPSA) is 91.0 Å². The van der Waals surface area contributed by atoms with Gasteiger partial charge in [0, 0.05) is 38.2 Å². The van der Waals surface area contributed by atoms with Crippen molar-refractivity contribution in [2.45, 2.75) is 31.5 Å². The average Bonchev–Trinajstić information content (AvgIpc) is 2.96. The number of anilines is 1. The number of hydrogen-bond acceptors (Lipinski definition) is 6. The minimum absolute atomic E-state index is 0.164. The molecule has 2 atom stereocenters. The van der Waals surface area contributed by atoms with Gasteiger partial charge in [-0.3, -0.25) is 19.7 Å². The fourth-order valence-corrected chi connectivity index (χ4v) is 4.34. The smallest absolute Gasteiger partial charge is 0.255 e. The van der Waals surface area contributed by atoms with Crippen molar-refractivity contribution in [2.24, 2.45) is 0 Å². The van der Waals surface area contributed by atoms with Crippen LogP contribution in [-0.4, -0.2) is 60.9 Å². The van der Waals surface area contributed by atoms with E-state index in [9.17, 15) is 14.4 Å². The van der Waals surface area contributed by atoms with E-state index in [2.05, 4.69) is 15.5 Å². The van der Waals surface area contributed by atoms with Gasteiger partial charge in [-0.05, 0) is 24.1 Å². The Balaban J connectivity index is 1.46. The molecule has 0 spiro atoms. The molecule has 4 heterocycles. The van der Waals surface area contributed by atoms with Crippen LogP contribution in [0.1, 0.15) is 28.8 Å². The maximum atomic E-state index is 12.9. The predicted octanol–water partition coefficient (Wildman–Crippen LogP) is -0.382. The first-order valence-electron chi connectivity index (χ1n) is 9.03. The summed E-state index contributed by atoms with van der Waals surface area (Å²) in [7, 11) is 0. The van der Waals surface area contributed by atoms with Crippen LogP contribution in [-0.2, 0) is 16.1 Å². The molecule has 136 valence electrons. The molecule has 26 heavy (non-hydrogen) atoms. The Bertz CT molecular complexity index is 824. The summed E-state index contributed by atoms with van der Waals surface area (Å²) in [6, 6.07) is 3.57. The maximum absolute atomic E-state index is 12.9. The van der Waals surface area contributed by atoms with Crippen LogP contribution in [0.4, 0.5) is 5.69 Å². The molecule has 8 nitrogen and oxygen atoms in total. The van der Waals surface area contributed by atoms with Crippen molar-refractivity contribution >= 4 is 23.4 Å². The summed E-state index contributed by atoms with van der Waals surface area (Å²) < 4.78 is 5.91. The van der Waals surface area contributed by atoms with E-state index in [0.717, 1.165) is 36.6 Å². The van der Waals surface area contributed by atoms with Crippen molar-refractivity contribution in [3.8, 4) is 5.75 Å². The van der Waals surface area contributed by atoms with Gasteiger partial charge in [0.05, 0.1) is 11.7 Å². The highest BCUT2D eigenvalue weighted by atomic mass is 16.5. The highest BCUT2D eigenvalue weighted by Crippen LogP contribution is 2.40. The van der Waals surface area contributed by atoms with Gasteiger partial charge in [-0.2, -0.15) is 0 Å². The molecule has 0 bridgehead atoms. The van der Waals surface area contributed by atoms with Crippen molar-refractivity contribution in [1.29, 1.82) is 0 Å². The van der Waals surface area contributed by atoms with Crippen LogP contribution in [0.25, 0.3) is 0 Å². The number of benzene rings is 1. The number of imide groups is 1. The Morgan fingerprint density at radius 3 is 2.88 bits per heavy atom. The van der Waals surface area contributed by atoms with Crippen molar-refractivity contribution in [1.82, 2.24) is 15.5 Å². The molecule has 4 aliphatic heterocycles. The summed E-state index contributed by atoms with van der Waals surface area (Å²) >= 11 is 0. The van der Waals surface area contributed by atoms with Crippen LogP contribution in [0.5, 0.6) is 5.75 Å². The van der Waals surface area contributed by atoms with Gasteiger partial charge in [0.1, 0.15) is 18.4 Å². The Morgan fingerprint density at radius 2 is 2.04 bits per heavy atom. The maximum Gasteiger partial charge on any atom is 0.255 e. The number of nitrogens with one attached hydrogen (secondary N) is 2. The molecule has 2 N–H and O–H groups in total. The number of hydrogen-bond donors (Lipinski definition) is 2. The summed E-state index contributed by atoms with van der Waals surface area (Å²) in [5.41, 5.74) is 2.54. The summed E-state index contributed by atoms with van der Waals surface area (Å²) in [6.07, 6.45) is 0.638. The van der Waals surface area contributed by atoms with E-state index in [1.165, 1.54) is 0 Å². The van der Waals surface area contributed by atoms with E-state index in [1.54, 1.807) is 4.90 Å². The van der Waals surface area contributed by atoms with E-state index < -0.39 is 6.04 Å². The van der Waals surface area contributed by atoms with Gasteiger partial charge in [-0.25, -0.2) is 0 Å². The third kappa shape index (κ3) is 2.28. The number of rotatable bonds is 1. The molecule has 2 fully saturated rings. The second-order valence-electron chi connectivity index (χ2n) is 7.24. The van der Waals surface area contributed by atoms with Crippen molar-refractivity contribution in [2.75, 3.05) is 31.1 Å². The molecule has 5 rings (SSSR count). The molecule has 1 unspecified atom stereocenters. The lowest BCUT2D eigenvalue weighted by atomic mass is 10.0. The summed E-state index contributed by atoms with van der Waals surface area (Å²) in [6.45, 7) is 3.71. The van der Waals surface area contributed by atoms with Crippen LogP contribution >= 0.6 is 0 Å². The van der Waals surface area contributed by atoms with E-state index in [0.29, 0.717) is 31.2 Å². The first-order chi connectivity index (χ1) is 12.6. The average molecular weight is 356 g/mol. The molecule has 0 aromatic heterocycles. The number of carbonyl (C=O) groups is 3. The molecular weight excluding hydrogens is 336 g/mol. The quantitative estimate of drug-likeness (QED) is 0.667.